The van der Waals surface area contributed by atoms with E-state index in [4.69, 9.17) is 30.5 Å². The Morgan fingerprint density at radius 3 is 2.54 bits per heavy atom. The summed E-state index contributed by atoms with van der Waals surface area (Å²) in [6, 6.07) is 3.40. The predicted molar refractivity (Wildman–Crippen MR) is 129 cm³/mol. The minimum atomic E-state index is -1.82. The van der Waals surface area contributed by atoms with Gasteiger partial charge in [0, 0.05) is 35.6 Å². The number of ketones is 2. The molecule has 3 atom stereocenters. The molecule has 0 saturated heterocycles. The average Bonchev–Trinajstić information content (AvgIpc) is 3.50. The van der Waals surface area contributed by atoms with E-state index in [-0.39, 0.29) is 46.4 Å². The second kappa shape index (κ2) is 8.49. The number of aliphatic imine (C=N–C) groups is 1. The van der Waals surface area contributed by atoms with Crippen molar-refractivity contribution in [3.05, 3.63) is 50.3 Å². The number of halogens is 1. The number of thiophene rings is 1. The van der Waals surface area contributed by atoms with Crippen molar-refractivity contribution in [3.8, 4) is 17.2 Å². The van der Waals surface area contributed by atoms with Crippen LogP contribution in [0.1, 0.15) is 41.6 Å². The predicted octanol–water partition coefficient (Wildman–Crippen LogP) is 4.40. The zero-order chi connectivity index (χ0) is 25.1. The van der Waals surface area contributed by atoms with Crippen LogP contribution in [0.5, 0.6) is 17.2 Å². The molecule has 3 aliphatic rings. The summed E-state index contributed by atoms with van der Waals surface area (Å²) < 4.78 is 21.9. The van der Waals surface area contributed by atoms with E-state index in [0.717, 1.165) is 5.56 Å². The Bertz CT molecular complexity index is 1330. The fraction of sp³-hybridized carbons (Fsp3) is 0.360. The van der Waals surface area contributed by atoms with Gasteiger partial charge in [-0.1, -0.05) is 18.5 Å². The van der Waals surface area contributed by atoms with Gasteiger partial charge in [-0.05, 0) is 28.8 Å². The van der Waals surface area contributed by atoms with E-state index < -0.39 is 35.0 Å². The molecule has 1 aromatic carbocycles. The highest BCUT2D eigenvalue weighted by atomic mass is 35.5. The van der Waals surface area contributed by atoms with Crippen molar-refractivity contribution in [2.75, 3.05) is 21.3 Å². The van der Waals surface area contributed by atoms with Gasteiger partial charge in [-0.25, -0.2) is 9.79 Å². The van der Waals surface area contributed by atoms with E-state index in [1.165, 1.54) is 38.7 Å². The molecule has 182 valence electrons. The molecule has 1 spiro atoms. The number of hydrogen-bond donors (Lipinski definition) is 0. The molecule has 5 rings (SSSR count). The van der Waals surface area contributed by atoms with E-state index in [1.807, 2.05) is 16.8 Å². The van der Waals surface area contributed by atoms with Crippen LogP contribution >= 0.6 is 22.9 Å². The molecule has 2 aromatic rings. The summed E-state index contributed by atoms with van der Waals surface area (Å²) in [4.78, 5) is 45.1. The number of benzene rings is 1. The maximum Gasteiger partial charge on any atom is 0.352 e. The molecule has 0 fully saturated rings. The molecule has 1 aromatic heterocycles. The zero-order valence-electron chi connectivity index (χ0n) is 19.5. The molecule has 1 aliphatic carbocycles. The first kappa shape index (κ1) is 23.6. The minimum absolute atomic E-state index is 0.0683. The van der Waals surface area contributed by atoms with Crippen LogP contribution in [-0.2, 0) is 14.3 Å². The Balaban J connectivity index is 1.69. The van der Waals surface area contributed by atoms with Gasteiger partial charge in [0.15, 0.2) is 5.75 Å². The Morgan fingerprint density at radius 2 is 1.91 bits per heavy atom. The highest BCUT2D eigenvalue weighted by Gasteiger charge is 2.63. The van der Waals surface area contributed by atoms with Gasteiger partial charge in [0.1, 0.15) is 27.8 Å². The monoisotopic (exact) mass is 515 g/mol. The molecule has 2 aliphatic heterocycles. The van der Waals surface area contributed by atoms with Gasteiger partial charge in [0.2, 0.25) is 17.2 Å². The second-order valence-electron chi connectivity index (χ2n) is 8.62. The Morgan fingerprint density at radius 1 is 1.17 bits per heavy atom. The summed E-state index contributed by atoms with van der Waals surface area (Å²) in [6.07, 6.45) is 0.427. The van der Waals surface area contributed by atoms with Gasteiger partial charge in [0.05, 0.1) is 21.3 Å². The molecule has 35 heavy (non-hydrogen) atoms. The van der Waals surface area contributed by atoms with Crippen molar-refractivity contribution in [1.29, 1.82) is 0 Å². The van der Waals surface area contributed by atoms with E-state index >= 15 is 0 Å². The van der Waals surface area contributed by atoms with Crippen LogP contribution in [0, 0.1) is 5.92 Å². The normalized spacial score (nSPS) is 25.1. The first-order valence-corrected chi connectivity index (χ1v) is 12.2. The van der Waals surface area contributed by atoms with Crippen LogP contribution in [0.25, 0.3) is 0 Å². The summed E-state index contributed by atoms with van der Waals surface area (Å²) in [5, 5.41) is 3.91. The lowest BCUT2D eigenvalue weighted by molar-refractivity contribution is -0.133. The number of ether oxygens (including phenoxy) is 4. The first-order valence-electron chi connectivity index (χ1n) is 10.9. The third kappa shape index (κ3) is 3.25. The molecule has 0 saturated carbocycles. The van der Waals surface area contributed by atoms with Crippen LogP contribution in [-0.4, -0.2) is 50.2 Å². The SMILES string of the molecule is COC(=O)C1=NC2=C(C(=O)C3(Oc4c(Cl)c(OC)cc(OC)c4C3=O)C(C)C2)C(c2ccsc2)C1. The third-order valence-corrected chi connectivity index (χ3v) is 7.95. The van der Waals surface area contributed by atoms with E-state index in [2.05, 4.69) is 4.99 Å². The maximum absolute atomic E-state index is 14.3. The minimum Gasteiger partial charge on any atom is -0.496 e. The number of rotatable bonds is 4. The highest BCUT2D eigenvalue weighted by molar-refractivity contribution is 7.08. The molecule has 8 nitrogen and oxygen atoms in total. The van der Waals surface area contributed by atoms with Crippen LogP contribution in [0.15, 0.2) is 39.2 Å². The lowest BCUT2D eigenvalue weighted by atomic mass is 9.66. The van der Waals surface area contributed by atoms with Crippen molar-refractivity contribution >= 4 is 46.2 Å². The van der Waals surface area contributed by atoms with E-state index in [0.29, 0.717) is 11.3 Å². The van der Waals surface area contributed by atoms with Crippen molar-refractivity contribution in [2.24, 2.45) is 10.9 Å². The fourth-order valence-electron chi connectivity index (χ4n) is 5.15. The number of Topliss-reactive ketones (excluding diaryl/α,β-unsaturated/α-hetero) is 2. The lowest BCUT2D eigenvalue weighted by Gasteiger charge is -2.40. The summed E-state index contributed by atoms with van der Waals surface area (Å²) >= 11 is 7.99. The number of hydrogen-bond acceptors (Lipinski definition) is 9. The Labute approximate surface area is 210 Å². The van der Waals surface area contributed by atoms with Gasteiger partial charge in [-0.15, -0.1) is 0 Å². The zero-order valence-corrected chi connectivity index (χ0v) is 21.0. The topological polar surface area (TPSA) is 100 Å². The number of carbonyl (C=O) groups excluding carboxylic acids is 3. The van der Waals surface area contributed by atoms with Crippen LogP contribution in [0.3, 0.4) is 0 Å². The molecule has 10 heteroatoms. The second-order valence-corrected chi connectivity index (χ2v) is 9.78. The van der Waals surface area contributed by atoms with E-state index in [9.17, 15) is 14.4 Å². The van der Waals surface area contributed by atoms with Gasteiger partial charge in [0.25, 0.3) is 0 Å². The number of methoxy groups -OCH3 is 3. The first-order chi connectivity index (χ1) is 16.8. The quantitative estimate of drug-likeness (QED) is 0.439. The van der Waals surface area contributed by atoms with Crippen molar-refractivity contribution < 1.29 is 33.3 Å². The molecule has 0 amide bonds. The highest BCUT2D eigenvalue weighted by Crippen LogP contribution is 2.55. The fourth-order valence-corrected chi connectivity index (χ4v) is 6.13. The van der Waals surface area contributed by atoms with Crippen LogP contribution in [0.2, 0.25) is 5.02 Å². The smallest absolute Gasteiger partial charge is 0.352 e. The summed E-state index contributed by atoms with van der Waals surface area (Å²) in [5.74, 6) is -2.04. The van der Waals surface area contributed by atoms with Gasteiger partial charge in [-0.3, -0.25) is 9.59 Å². The molecule has 0 bridgehead atoms. The molecule has 0 N–H and O–H groups in total. The van der Waals surface area contributed by atoms with Gasteiger partial charge < -0.3 is 18.9 Å². The largest absolute Gasteiger partial charge is 0.496 e. The number of nitrogens with zero attached hydrogens (tertiary/aromatic N) is 1. The molecule has 0 radical (unpaired) electrons. The molecule has 3 unspecified atom stereocenters. The molecular weight excluding hydrogens is 494 g/mol. The molecular formula is C25H22ClNO7S. The van der Waals surface area contributed by atoms with Crippen molar-refractivity contribution in [2.45, 2.75) is 31.3 Å². The van der Waals surface area contributed by atoms with Gasteiger partial charge >= 0.3 is 5.97 Å². The Hall–Kier alpha value is -3.17. The summed E-state index contributed by atoms with van der Waals surface area (Å²) in [5.41, 5.74) is 0.240. The summed E-state index contributed by atoms with van der Waals surface area (Å²) in [7, 11) is 4.16. The van der Waals surface area contributed by atoms with Gasteiger partial charge in [-0.2, -0.15) is 11.3 Å². The van der Waals surface area contributed by atoms with Crippen LogP contribution in [0.4, 0.5) is 0 Å². The van der Waals surface area contributed by atoms with Crippen LogP contribution < -0.4 is 14.2 Å². The maximum atomic E-state index is 14.3. The Kier molecular flexibility index (Phi) is 5.72. The summed E-state index contributed by atoms with van der Waals surface area (Å²) in [6.45, 7) is 1.75. The van der Waals surface area contributed by atoms with Crippen molar-refractivity contribution in [3.63, 3.8) is 0 Å². The van der Waals surface area contributed by atoms with Crippen molar-refractivity contribution in [1.82, 2.24) is 0 Å². The number of carbonyl (C=O) groups is 3. The molecule has 3 heterocycles. The standard InChI is InChI=1S/C25H22ClNO7S/c1-11-7-14-18(13(12-5-6-35-10-12)8-15(27-14)24(30)33-4)22(28)25(11)23(29)19-16(31-2)9-17(32-3)20(26)21(19)34-25/h5-6,9-11,13H,7-8H2,1-4H3. The number of allylic oxidation sites excluding steroid dienone is 1. The number of fused-ring (bicyclic) bond motifs is 1. The third-order valence-electron chi connectivity index (χ3n) is 6.89. The average molecular weight is 516 g/mol. The van der Waals surface area contributed by atoms with E-state index in [1.54, 1.807) is 6.92 Å². The lowest BCUT2D eigenvalue weighted by Crippen LogP contribution is -2.57. The number of esters is 1.